The second-order valence-corrected chi connectivity index (χ2v) is 5.26. The molecule has 0 amide bonds. The fraction of sp³-hybridized carbons (Fsp3) is 0. The molecule has 0 bridgehead atoms. The monoisotopic (exact) mass is 345 g/mol. The van der Waals surface area contributed by atoms with Gasteiger partial charge < -0.3 is 0 Å². The van der Waals surface area contributed by atoms with Crippen molar-refractivity contribution in [2.24, 2.45) is 0 Å². The summed E-state index contributed by atoms with van der Waals surface area (Å²) in [5.74, 6) is 0. The fourth-order valence-electron chi connectivity index (χ4n) is 0.784. The molecule has 0 spiro atoms. The Morgan fingerprint density at radius 2 is 0.938 bits per heavy atom. The minimum absolute atomic E-state index is 0. The SMILES string of the molecule is O=S(=O)(O)c1ccc(S(=O)(=O)O)cc1.[Cr].[Mn]. The first-order chi connectivity index (χ1) is 6.21. The number of rotatable bonds is 2. The van der Waals surface area contributed by atoms with E-state index >= 15 is 0 Å². The van der Waals surface area contributed by atoms with Gasteiger partial charge in [-0.1, -0.05) is 0 Å². The van der Waals surface area contributed by atoms with Crippen LogP contribution in [0.2, 0.25) is 0 Å². The molecule has 6 nitrogen and oxygen atoms in total. The van der Waals surface area contributed by atoms with E-state index in [0.717, 1.165) is 24.3 Å². The van der Waals surface area contributed by atoms with Crippen LogP contribution in [0, 0.1) is 0 Å². The van der Waals surface area contributed by atoms with Gasteiger partial charge in [0.1, 0.15) is 0 Å². The van der Waals surface area contributed by atoms with Crippen LogP contribution in [0.5, 0.6) is 0 Å². The van der Waals surface area contributed by atoms with E-state index in [1.807, 2.05) is 0 Å². The molecule has 10 heteroatoms. The molecule has 0 aliphatic rings. The molecular weight excluding hydrogens is 339 g/mol. The average Bonchev–Trinajstić information content (AvgIpc) is 2.01. The van der Waals surface area contributed by atoms with Gasteiger partial charge in [0, 0.05) is 34.4 Å². The second kappa shape index (κ2) is 6.14. The van der Waals surface area contributed by atoms with Crippen LogP contribution >= 0.6 is 0 Å². The minimum atomic E-state index is -4.34. The molecule has 0 aromatic heterocycles. The molecule has 1 rings (SSSR count). The van der Waals surface area contributed by atoms with Crippen molar-refractivity contribution in [2.45, 2.75) is 9.79 Å². The topological polar surface area (TPSA) is 109 Å². The van der Waals surface area contributed by atoms with Crippen LogP contribution in [0.3, 0.4) is 0 Å². The predicted molar refractivity (Wildman–Crippen MR) is 46.1 cm³/mol. The van der Waals surface area contributed by atoms with Crippen molar-refractivity contribution in [1.82, 2.24) is 0 Å². The number of hydrogen-bond donors (Lipinski definition) is 2. The molecular formula is C6H6CrMnO6S2. The van der Waals surface area contributed by atoms with Gasteiger partial charge in [-0.15, -0.1) is 0 Å². The summed E-state index contributed by atoms with van der Waals surface area (Å²) in [6.45, 7) is 0. The summed E-state index contributed by atoms with van der Waals surface area (Å²) in [7, 11) is -8.68. The summed E-state index contributed by atoms with van der Waals surface area (Å²) in [4.78, 5) is -0.880. The zero-order chi connectivity index (χ0) is 11.0. The van der Waals surface area contributed by atoms with Crippen LogP contribution < -0.4 is 0 Å². The van der Waals surface area contributed by atoms with Gasteiger partial charge in [0.15, 0.2) is 0 Å². The maximum atomic E-state index is 10.5. The van der Waals surface area contributed by atoms with Crippen LogP contribution in [0.25, 0.3) is 0 Å². The Kier molecular flexibility index (Phi) is 7.08. The van der Waals surface area contributed by atoms with Gasteiger partial charge in [-0.05, 0) is 24.3 Å². The smallest absolute Gasteiger partial charge is 0.282 e. The van der Waals surface area contributed by atoms with Crippen molar-refractivity contribution in [1.29, 1.82) is 0 Å². The van der Waals surface area contributed by atoms with E-state index in [2.05, 4.69) is 0 Å². The third-order valence-corrected chi connectivity index (χ3v) is 3.16. The van der Waals surface area contributed by atoms with E-state index in [4.69, 9.17) is 9.11 Å². The quantitative estimate of drug-likeness (QED) is 0.584. The van der Waals surface area contributed by atoms with Crippen molar-refractivity contribution in [3.63, 3.8) is 0 Å². The Morgan fingerprint density at radius 1 is 0.750 bits per heavy atom. The maximum Gasteiger partial charge on any atom is 0.294 e. The number of hydrogen-bond acceptors (Lipinski definition) is 4. The molecule has 0 atom stereocenters. The molecule has 16 heavy (non-hydrogen) atoms. The molecule has 1 aromatic rings. The van der Waals surface area contributed by atoms with E-state index in [1.54, 1.807) is 0 Å². The van der Waals surface area contributed by atoms with Gasteiger partial charge in [0.25, 0.3) is 20.2 Å². The molecule has 0 heterocycles. The first-order valence-electron chi connectivity index (χ1n) is 3.26. The zero-order valence-electron chi connectivity index (χ0n) is 7.44. The molecule has 1 radical (unpaired) electrons. The van der Waals surface area contributed by atoms with Crippen LogP contribution in [0.15, 0.2) is 34.1 Å². The van der Waals surface area contributed by atoms with Gasteiger partial charge in [-0.25, -0.2) is 0 Å². The standard InChI is InChI=1S/C6H6O6S2.Cr.Mn/c7-13(8,9)5-1-2-6(4-3-5)14(10,11)12;;/h1-4H,(H,7,8,9)(H,10,11,12);;. The molecule has 0 aliphatic carbocycles. The van der Waals surface area contributed by atoms with Gasteiger partial charge in [0.05, 0.1) is 9.79 Å². The Hall–Kier alpha value is 0.0919. The molecule has 0 aliphatic heterocycles. The Morgan fingerprint density at radius 3 is 1.06 bits per heavy atom. The van der Waals surface area contributed by atoms with Crippen LogP contribution in [-0.4, -0.2) is 25.9 Å². The Labute approximate surface area is 114 Å². The molecule has 91 valence electrons. The van der Waals surface area contributed by atoms with Crippen molar-refractivity contribution < 1.29 is 60.4 Å². The summed E-state index contributed by atoms with van der Waals surface area (Å²) in [5.41, 5.74) is 0. The normalized spacial score (nSPS) is 11.1. The van der Waals surface area contributed by atoms with Crippen molar-refractivity contribution in [3.05, 3.63) is 24.3 Å². The summed E-state index contributed by atoms with van der Waals surface area (Å²) in [6.07, 6.45) is 0. The summed E-state index contributed by atoms with van der Waals surface area (Å²) >= 11 is 0. The average molecular weight is 345 g/mol. The summed E-state index contributed by atoms with van der Waals surface area (Å²) in [6, 6.07) is 3.49. The van der Waals surface area contributed by atoms with E-state index in [0.29, 0.717) is 0 Å². The number of benzene rings is 1. The van der Waals surface area contributed by atoms with Crippen molar-refractivity contribution in [3.8, 4) is 0 Å². The first kappa shape index (κ1) is 18.5. The molecule has 0 saturated heterocycles. The van der Waals surface area contributed by atoms with Crippen LogP contribution in [0.1, 0.15) is 0 Å². The van der Waals surface area contributed by atoms with Gasteiger partial charge in [0.2, 0.25) is 0 Å². The maximum absolute atomic E-state index is 10.5. The van der Waals surface area contributed by atoms with E-state index < -0.39 is 30.0 Å². The summed E-state index contributed by atoms with van der Waals surface area (Å²) < 4.78 is 59.2. The molecule has 2 N–H and O–H groups in total. The van der Waals surface area contributed by atoms with Gasteiger partial charge >= 0.3 is 0 Å². The third-order valence-electron chi connectivity index (χ3n) is 1.42. The zero-order valence-corrected chi connectivity index (χ0v) is 11.5. The predicted octanol–water partition coefficient (Wildman–Crippen LogP) is 0.175. The fourth-order valence-corrected chi connectivity index (χ4v) is 1.74. The van der Waals surface area contributed by atoms with Crippen molar-refractivity contribution in [2.75, 3.05) is 0 Å². The van der Waals surface area contributed by atoms with Crippen molar-refractivity contribution >= 4 is 20.2 Å². The first-order valence-corrected chi connectivity index (χ1v) is 6.14. The van der Waals surface area contributed by atoms with Gasteiger partial charge in [-0.2, -0.15) is 16.8 Å². The van der Waals surface area contributed by atoms with Gasteiger partial charge in [-0.3, -0.25) is 9.11 Å². The molecule has 0 fully saturated rings. The third kappa shape index (κ3) is 4.95. The van der Waals surface area contributed by atoms with E-state index in [-0.39, 0.29) is 34.4 Å². The molecule has 0 saturated carbocycles. The molecule has 0 unspecified atom stereocenters. The summed E-state index contributed by atoms with van der Waals surface area (Å²) in [5, 5.41) is 0. The van der Waals surface area contributed by atoms with E-state index in [1.165, 1.54) is 0 Å². The van der Waals surface area contributed by atoms with Crippen LogP contribution in [0.4, 0.5) is 0 Å². The Balaban J connectivity index is 0. The van der Waals surface area contributed by atoms with Crippen LogP contribution in [-0.2, 0) is 54.7 Å². The minimum Gasteiger partial charge on any atom is -0.282 e. The second-order valence-electron chi connectivity index (χ2n) is 2.42. The largest absolute Gasteiger partial charge is 0.294 e. The Bertz CT molecular complexity index is 484. The van der Waals surface area contributed by atoms with E-state index in [9.17, 15) is 16.8 Å². The molecule has 1 aromatic carbocycles.